The zero-order chi connectivity index (χ0) is 15.5. The average Bonchev–Trinajstić information content (AvgIpc) is 2.38. The van der Waals surface area contributed by atoms with Gasteiger partial charge in [-0.3, -0.25) is 0 Å². The highest BCUT2D eigenvalue weighted by Crippen LogP contribution is 2.11. The number of thiol groups is 2. The molecule has 20 heavy (non-hydrogen) atoms. The molecule has 0 saturated heterocycles. The fraction of sp³-hybridized carbons (Fsp3) is 0.182. The summed E-state index contributed by atoms with van der Waals surface area (Å²) in [5, 5.41) is 0.700. The molecular weight excluding hydrogens is 294 g/mol. The second kappa shape index (κ2) is 9.98. The number of nitrogens with zero attached hydrogens (tertiary/aromatic N) is 4. The molecule has 7 nitrogen and oxygen atoms in total. The lowest BCUT2D eigenvalue weighted by Crippen LogP contribution is -2.25. The van der Waals surface area contributed by atoms with Gasteiger partial charge in [-0.05, 0) is 0 Å². The molecule has 1 aromatic heterocycles. The molecule has 0 saturated carbocycles. The highest BCUT2D eigenvalue weighted by Gasteiger charge is 2.08. The van der Waals surface area contributed by atoms with Gasteiger partial charge in [-0.2, -0.15) is 15.0 Å². The van der Waals surface area contributed by atoms with E-state index in [9.17, 15) is 0 Å². The molecule has 0 bridgehead atoms. The van der Waals surface area contributed by atoms with Crippen LogP contribution in [0, 0.1) is 0 Å². The highest BCUT2D eigenvalue weighted by molar-refractivity contribution is 7.80. The Kier molecular flexibility index (Phi) is 9.05. The van der Waals surface area contributed by atoms with Crippen LogP contribution < -0.4 is 22.1 Å². The van der Waals surface area contributed by atoms with Crippen LogP contribution >= 0.6 is 25.3 Å². The summed E-state index contributed by atoms with van der Waals surface area (Å²) in [6.45, 7) is 8.61. The Morgan fingerprint density at radius 1 is 1.05 bits per heavy atom. The van der Waals surface area contributed by atoms with Gasteiger partial charge in [-0.25, -0.2) is 0 Å². The van der Waals surface area contributed by atoms with E-state index < -0.39 is 0 Å². The standard InChI is InChI=1S/C9H12N4S2.C2H7N3/c1-3-5-13(6-4-2)7-10-8(14)12-9(15)11-7;3-1-2(4)5/h3-4H,1-2,5-6H2,(H2,10,11,12,14,15);1H,3-5H2. The Bertz CT molecular complexity index is 442. The molecule has 0 spiro atoms. The predicted molar refractivity (Wildman–Crippen MR) is 87.6 cm³/mol. The average molecular weight is 313 g/mol. The molecule has 110 valence electrons. The molecule has 0 aliphatic rings. The van der Waals surface area contributed by atoms with E-state index in [1.807, 2.05) is 4.90 Å². The Morgan fingerprint density at radius 2 is 1.45 bits per heavy atom. The molecule has 0 atom stereocenters. The molecule has 9 heteroatoms. The number of hydrogen-bond donors (Lipinski definition) is 5. The first-order valence-corrected chi connectivity index (χ1v) is 6.37. The van der Waals surface area contributed by atoms with E-state index in [0.29, 0.717) is 29.4 Å². The summed E-state index contributed by atoms with van der Waals surface area (Å²) in [4.78, 5) is 13.9. The van der Waals surface area contributed by atoms with Gasteiger partial charge < -0.3 is 22.1 Å². The van der Waals surface area contributed by atoms with Gasteiger partial charge in [0.2, 0.25) is 5.95 Å². The third kappa shape index (κ3) is 7.54. The lowest BCUT2D eigenvalue weighted by atomic mass is 10.5. The summed E-state index contributed by atoms with van der Waals surface area (Å²) < 4.78 is 0. The van der Waals surface area contributed by atoms with Crippen molar-refractivity contribution >= 4 is 31.2 Å². The van der Waals surface area contributed by atoms with Crippen molar-refractivity contribution in [2.75, 3.05) is 18.0 Å². The number of anilines is 1. The van der Waals surface area contributed by atoms with Crippen molar-refractivity contribution in [2.24, 2.45) is 17.2 Å². The Balaban J connectivity index is 0.000000621. The van der Waals surface area contributed by atoms with Crippen molar-refractivity contribution in [1.29, 1.82) is 0 Å². The van der Waals surface area contributed by atoms with E-state index >= 15 is 0 Å². The molecule has 1 rings (SSSR count). The van der Waals surface area contributed by atoms with Crippen molar-refractivity contribution < 1.29 is 0 Å². The number of rotatable bonds is 5. The minimum Gasteiger partial charge on any atom is -0.402 e. The molecule has 1 heterocycles. The summed E-state index contributed by atoms with van der Waals surface area (Å²) in [6, 6.07) is 0. The Morgan fingerprint density at radius 3 is 1.75 bits per heavy atom. The molecule has 6 N–H and O–H groups in total. The zero-order valence-electron chi connectivity index (χ0n) is 11.0. The Hall–Kier alpha value is -1.87. The van der Waals surface area contributed by atoms with Crippen molar-refractivity contribution in [1.82, 2.24) is 15.0 Å². The quantitative estimate of drug-likeness (QED) is 0.391. The minimum atomic E-state index is 0.157. The number of aromatic nitrogens is 3. The van der Waals surface area contributed by atoms with Gasteiger partial charge in [-0.15, -0.1) is 38.4 Å². The van der Waals surface area contributed by atoms with E-state index in [1.54, 1.807) is 12.2 Å². The highest BCUT2D eigenvalue weighted by atomic mass is 32.1. The van der Waals surface area contributed by atoms with Crippen molar-refractivity contribution in [3.63, 3.8) is 0 Å². The second-order valence-electron chi connectivity index (χ2n) is 3.38. The largest absolute Gasteiger partial charge is 0.402 e. The summed E-state index contributed by atoms with van der Waals surface area (Å²) in [5.41, 5.74) is 14.4. The van der Waals surface area contributed by atoms with E-state index in [1.165, 1.54) is 0 Å². The van der Waals surface area contributed by atoms with E-state index in [4.69, 9.17) is 17.2 Å². The van der Waals surface area contributed by atoms with Gasteiger partial charge in [0.1, 0.15) is 5.82 Å². The van der Waals surface area contributed by atoms with Crippen LogP contribution in [0.15, 0.2) is 47.6 Å². The van der Waals surface area contributed by atoms with Gasteiger partial charge >= 0.3 is 0 Å². The van der Waals surface area contributed by atoms with Gasteiger partial charge in [0.15, 0.2) is 10.3 Å². The van der Waals surface area contributed by atoms with Crippen LogP contribution in [-0.2, 0) is 0 Å². The fourth-order valence-electron chi connectivity index (χ4n) is 1.03. The summed E-state index contributed by atoms with van der Waals surface area (Å²) >= 11 is 8.13. The maximum Gasteiger partial charge on any atom is 0.230 e. The molecule has 0 unspecified atom stereocenters. The SMILES string of the molecule is C=CCN(CC=C)c1nc(S)nc(S)n1.NC=C(N)N. The molecule has 0 amide bonds. The van der Waals surface area contributed by atoms with Crippen LogP contribution in [0.5, 0.6) is 0 Å². The Labute approximate surface area is 129 Å². The van der Waals surface area contributed by atoms with E-state index in [0.717, 1.165) is 6.20 Å². The minimum absolute atomic E-state index is 0.157. The fourth-order valence-corrected chi connectivity index (χ4v) is 1.48. The van der Waals surface area contributed by atoms with Crippen molar-refractivity contribution in [3.8, 4) is 0 Å². The topological polar surface area (TPSA) is 120 Å². The summed E-state index contributed by atoms with van der Waals surface area (Å²) in [6.07, 6.45) is 4.67. The lowest BCUT2D eigenvalue weighted by Gasteiger charge is -2.18. The van der Waals surface area contributed by atoms with Crippen LogP contribution in [0.1, 0.15) is 0 Å². The third-order valence-electron chi connectivity index (χ3n) is 1.77. The maximum absolute atomic E-state index is 4.81. The molecule has 0 aromatic carbocycles. The smallest absolute Gasteiger partial charge is 0.230 e. The first-order valence-electron chi connectivity index (χ1n) is 5.48. The summed E-state index contributed by atoms with van der Waals surface area (Å²) in [7, 11) is 0. The normalized spacial score (nSPS) is 8.90. The maximum atomic E-state index is 4.81. The van der Waals surface area contributed by atoms with Gasteiger partial charge in [-0.1, -0.05) is 12.2 Å². The van der Waals surface area contributed by atoms with Crippen LogP contribution in [0.25, 0.3) is 0 Å². The molecule has 0 fully saturated rings. The molecular formula is C11H19N7S2. The van der Waals surface area contributed by atoms with Crippen LogP contribution in [0.2, 0.25) is 0 Å². The first kappa shape index (κ1) is 18.1. The number of nitrogens with two attached hydrogens (primary N) is 3. The van der Waals surface area contributed by atoms with Crippen LogP contribution in [0.3, 0.4) is 0 Å². The first-order chi connectivity index (χ1) is 9.44. The summed E-state index contributed by atoms with van der Waals surface area (Å²) in [5.74, 6) is 0.685. The van der Waals surface area contributed by atoms with Gasteiger partial charge in [0.25, 0.3) is 0 Å². The molecule has 1 aromatic rings. The monoisotopic (exact) mass is 313 g/mol. The van der Waals surface area contributed by atoms with Crippen LogP contribution in [0.4, 0.5) is 5.95 Å². The van der Waals surface area contributed by atoms with Gasteiger partial charge in [0, 0.05) is 19.3 Å². The zero-order valence-corrected chi connectivity index (χ0v) is 12.8. The lowest BCUT2D eigenvalue weighted by molar-refractivity contribution is 0.763. The third-order valence-corrected chi connectivity index (χ3v) is 2.17. The van der Waals surface area contributed by atoms with Crippen molar-refractivity contribution in [2.45, 2.75) is 10.3 Å². The van der Waals surface area contributed by atoms with Crippen molar-refractivity contribution in [3.05, 3.63) is 37.3 Å². The molecule has 0 radical (unpaired) electrons. The van der Waals surface area contributed by atoms with Crippen LogP contribution in [-0.4, -0.2) is 28.0 Å². The molecule has 0 aliphatic carbocycles. The van der Waals surface area contributed by atoms with Gasteiger partial charge in [0.05, 0.1) is 0 Å². The molecule has 0 aliphatic heterocycles. The van der Waals surface area contributed by atoms with E-state index in [-0.39, 0.29) is 5.82 Å². The predicted octanol–water partition coefficient (Wildman–Crippen LogP) is 0.289. The second-order valence-corrected chi connectivity index (χ2v) is 4.18. The van der Waals surface area contributed by atoms with E-state index in [2.05, 4.69) is 53.4 Å². The number of hydrogen-bond acceptors (Lipinski definition) is 9.